The molecule has 6 heteroatoms. The van der Waals surface area contributed by atoms with E-state index in [9.17, 15) is 13.2 Å². The smallest absolute Gasteiger partial charge is 0.324 e. The molecule has 1 rings (SSSR count). The molecule has 0 fully saturated rings. The third kappa shape index (κ3) is 4.05. The lowest BCUT2D eigenvalue weighted by molar-refractivity contribution is -0.136. The van der Waals surface area contributed by atoms with Crippen LogP contribution in [0.2, 0.25) is 5.15 Å². The Morgan fingerprint density at radius 1 is 1.47 bits per heavy atom. The molecular formula is C9H10ClF3N2. The van der Waals surface area contributed by atoms with E-state index in [1.807, 2.05) is 0 Å². The Morgan fingerprint density at radius 2 is 2.13 bits per heavy atom. The normalized spacial score (nSPS) is 13.9. The topological polar surface area (TPSA) is 38.9 Å². The van der Waals surface area contributed by atoms with Gasteiger partial charge < -0.3 is 5.73 Å². The van der Waals surface area contributed by atoms with Crippen LogP contribution in [0, 0.1) is 0 Å². The summed E-state index contributed by atoms with van der Waals surface area (Å²) in [6.07, 6.45) is -3.83. The van der Waals surface area contributed by atoms with Crippen LogP contribution in [0.15, 0.2) is 18.3 Å². The summed E-state index contributed by atoms with van der Waals surface area (Å²) >= 11 is 5.70. The molecule has 1 aromatic rings. The van der Waals surface area contributed by atoms with Gasteiger partial charge in [0.15, 0.2) is 0 Å². The predicted molar refractivity (Wildman–Crippen MR) is 51.5 cm³/mol. The monoisotopic (exact) mass is 238 g/mol. The van der Waals surface area contributed by atoms with E-state index in [0.29, 0.717) is 5.56 Å². The van der Waals surface area contributed by atoms with Gasteiger partial charge in [-0.3, -0.25) is 0 Å². The first-order valence-electron chi connectivity index (χ1n) is 4.33. The Balaban J connectivity index is 2.62. The fourth-order valence-electron chi connectivity index (χ4n) is 1.15. The van der Waals surface area contributed by atoms with E-state index >= 15 is 0 Å². The van der Waals surface area contributed by atoms with E-state index in [2.05, 4.69) is 4.98 Å². The summed E-state index contributed by atoms with van der Waals surface area (Å²) in [6.45, 7) is 0. The number of hydrogen-bond acceptors (Lipinski definition) is 2. The molecule has 0 spiro atoms. The lowest BCUT2D eigenvalue weighted by Crippen LogP contribution is -2.16. The van der Waals surface area contributed by atoms with Crippen molar-refractivity contribution in [1.82, 2.24) is 4.98 Å². The van der Waals surface area contributed by atoms with Gasteiger partial charge in [-0.25, -0.2) is 4.98 Å². The summed E-state index contributed by atoms with van der Waals surface area (Å²) in [5.41, 5.74) is 6.03. The number of nitrogens with two attached hydrogens (primary N) is 1. The van der Waals surface area contributed by atoms with Crippen LogP contribution < -0.4 is 5.73 Å². The van der Waals surface area contributed by atoms with Crippen molar-refractivity contribution in [1.29, 1.82) is 0 Å². The molecule has 1 aromatic heterocycles. The van der Waals surface area contributed by atoms with Crippen molar-refractivity contribution < 1.29 is 13.2 Å². The van der Waals surface area contributed by atoms with E-state index in [0.717, 1.165) is 0 Å². The number of nitrogens with zero attached hydrogens (tertiary/aromatic N) is 1. The molecule has 0 amide bonds. The van der Waals surface area contributed by atoms with Crippen LogP contribution in [-0.2, 0) is 0 Å². The second kappa shape index (κ2) is 4.81. The van der Waals surface area contributed by atoms with Crippen molar-refractivity contribution in [3.05, 3.63) is 29.0 Å². The van der Waals surface area contributed by atoms with Crippen LogP contribution >= 0.6 is 11.6 Å². The first-order valence-corrected chi connectivity index (χ1v) is 4.70. The van der Waals surface area contributed by atoms with Gasteiger partial charge in [0.1, 0.15) is 5.15 Å². The molecule has 0 radical (unpaired) electrons. The highest BCUT2D eigenvalue weighted by molar-refractivity contribution is 6.30. The van der Waals surface area contributed by atoms with E-state index < -0.39 is 18.6 Å². The highest BCUT2D eigenvalue weighted by Gasteiger charge is 2.28. The van der Waals surface area contributed by atoms with Gasteiger partial charge in [0.05, 0.1) is 0 Å². The molecule has 2 nitrogen and oxygen atoms in total. The second-order valence-electron chi connectivity index (χ2n) is 3.14. The SMILES string of the molecule is N[C@@H](CCC(F)(F)F)c1cccnc1Cl. The van der Waals surface area contributed by atoms with Crippen molar-refractivity contribution in [2.45, 2.75) is 25.1 Å². The molecule has 15 heavy (non-hydrogen) atoms. The first-order chi connectivity index (χ1) is 6.90. The average Bonchev–Trinajstić information content (AvgIpc) is 2.14. The molecule has 0 bridgehead atoms. The zero-order valence-electron chi connectivity index (χ0n) is 7.76. The van der Waals surface area contributed by atoms with Gasteiger partial charge in [0, 0.05) is 24.2 Å². The first kappa shape index (κ1) is 12.3. The third-order valence-electron chi connectivity index (χ3n) is 1.93. The lowest BCUT2D eigenvalue weighted by Gasteiger charge is -2.14. The maximum atomic E-state index is 11.9. The average molecular weight is 239 g/mol. The molecule has 0 aliphatic carbocycles. The van der Waals surface area contributed by atoms with Crippen LogP contribution in [0.25, 0.3) is 0 Å². The van der Waals surface area contributed by atoms with Gasteiger partial charge in [-0.15, -0.1) is 0 Å². The highest BCUT2D eigenvalue weighted by Crippen LogP contribution is 2.28. The Morgan fingerprint density at radius 3 is 2.67 bits per heavy atom. The maximum Gasteiger partial charge on any atom is 0.389 e. The van der Waals surface area contributed by atoms with Crippen LogP contribution in [0.4, 0.5) is 13.2 Å². The second-order valence-corrected chi connectivity index (χ2v) is 3.50. The minimum Gasteiger partial charge on any atom is -0.324 e. The zero-order valence-corrected chi connectivity index (χ0v) is 8.52. The molecule has 2 N–H and O–H groups in total. The Kier molecular flexibility index (Phi) is 3.93. The number of hydrogen-bond donors (Lipinski definition) is 1. The number of pyridine rings is 1. The van der Waals surface area contributed by atoms with E-state index in [1.54, 1.807) is 12.1 Å². The summed E-state index contributed by atoms with van der Waals surface area (Å²) in [4.78, 5) is 3.75. The fourth-order valence-corrected chi connectivity index (χ4v) is 1.41. The summed E-state index contributed by atoms with van der Waals surface area (Å²) < 4.78 is 35.8. The molecule has 0 aromatic carbocycles. The van der Waals surface area contributed by atoms with Crippen molar-refractivity contribution in [3.8, 4) is 0 Å². The summed E-state index contributed by atoms with van der Waals surface area (Å²) in [6, 6.07) is 2.44. The zero-order chi connectivity index (χ0) is 11.5. The van der Waals surface area contributed by atoms with Crippen LogP contribution in [0.5, 0.6) is 0 Å². The molecule has 0 unspecified atom stereocenters. The molecule has 1 atom stereocenters. The number of aromatic nitrogens is 1. The lowest BCUT2D eigenvalue weighted by atomic mass is 10.1. The largest absolute Gasteiger partial charge is 0.389 e. The molecule has 0 aliphatic rings. The van der Waals surface area contributed by atoms with Gasteiger partial charge in [-0.05, 0) is 12.5 Å². The molecule has 1 heterocycles. The molecular weight excluding hydrogens is 229 g/mol. The van der Waals surface area contributed by atoms with Crippen LogP contribution in [0.1, 0.15) is 24.4 Å². The van der Waals surface area contributed by atoms with Gasteiger partial charge in [-0.1, -0.05) is 17.7 Å². The minimum absolute atomic E-state index is 0.159. The highest BCUT2D eigenvalue weighted by atomic mass is 35.5. The van der Waals surface area contributed by atoms with Gasteiger partial charge in [0.25, 0.3) is 0 Å². The third-order valence-corrected chi connectivity index (χ3v) is 2.24. The summed E-state index contributed by atoms with van der Waals surface area (Å²) in [7, 11) is 0. The quantitative estimate of drug-likeness (QED) is 0.822. The predicted octanol–water partition coefficient (Wildman–Crippen LogP) is 3.08. The van der Waals surface area contributed by atoms with E-state index in [4.69, 9.17) is 17.3 Å². The number of rotatable bonds is 3. The van der Waals surface area contributed by atoms with Crippen molar-refractivity contribution in [3.63, 3.8) is 0 Å². The van der Waals surface area contributed by atoms with Gasteiger partial charge in [0.2, 0.25) is 0 Å². The molecule has 0 saturated carbocycles. The minimum atomic E-state index is -4.19. The fraction of sp³-hybridized carbons (Fsp3) is 0.444. The number of alkyl halides is 3. The molecule has 84 valence electrons. The standard InChI is InChI=1S/C9H10ClF3N2/c10-8-6(2-1-5-15-8)7(14)3-4-9(11,12)13/h1-2,5,7H,3-4,14H2/t7-/m0/s1. The van der Waals surface area contributed by atoms with Crippen LogP contribution in [0.3, 0.4) is 0 Å². The number of halogens is 4. The van der Waals surface area contributed by atoms with Crippen molar-refractivity contribution in [2.24, 2.45) is 5.73 Å². The van der Waals surface area contributed by atoms with Crippen molar-refractivity contribution >= 4 is 11.6 Å². The Labute approximate surface area is 90.3 Å². The van der Waals surface area contributed by atoms with Crippen molar-refractivity contribution in [2.75, 3.05) is 0 Å². The molecule has 0 saturated heterocycles. The Hall–Kier alpha value is -0.810. The van der Waals surface area contributed by atoms with Gasteiger partial charge >= 0.3 is 6.18 Å². The maximum absolute atomic E-state index is 11.9. The van der Waals surface area contributed by atoms with E-state index in [-0.39, 0.29) is 11.6 Å². The summed E-state index contributed by atoms with van der Waals surface area (Å²) in [5.74, 6) is 0. The summed E-state index contributed by atoms with van der Waals surface area (Å²) in [5, 5.41) is 0.159. The van der Waals surface area contributed by atoms with E-state index in [1.165, 1.54) is 6.20 Å². The molecule has 0 aliphatic heterocycles. The van der Waals surface area contributed by atoms with Gasteiger partial charge in [-0.2, -0.15) is 13.2 Å². The Bertz CT molecular complexity index is 327. The van der Waals surface area contributed by atoms with Crippen LogP contribution in [-0.4, -0.2) is 11.2 Å².